The van der Waals surface area contributed by atoms with Crippen LogP contribution in [0.1, 0.15) is 35.2 Å². The van der Waals surface area contributed by atoms with Crippen LogP contribution in [0.3, 0.4) is 0 Å². The average Bonchev–Trinajstić information content (AvgIpc) is 3.35. The molecule has 5 aromatic rings. The highest BCUT2D eigenvalue weighted by molar-refractivity contribution is 5.68. The van der Waals surface area contributed by atoms with E-state index in [-0.39, 0.29) is 23.7 Å². The Kier molecular flexibility index (Phi) is 5.06. The molecule has 1 unspecified atom stereocenters. The van der Waals surface area contributed by atoms with E-state index in [2.05, 4.69) is 25.0 Å². The van der Waals surface area contributed by atoms with Gasteiger partial charge in [0.2, 0.25) is 5.88 Å². The molecule has 0 aliphatic heterocycles. The van der Waals surface area contributed by atoms with Gasteiger partial charge in [-0.3, -0.25) is 0 Å². The molecule has 5 heterocycles. The minimum Gasteiger partial charge on any atom is -0.480 e. The summed E-state index contributed by atoms with van der Waals surface area (Å²) >= 11 is 0. The van der Waals surface area contributed by atoms with Gasteiger partial charge in [-0.2, -0.15) is 23.3 Å². The molecule has 5 aromatic heterocycles. The van der Waals surface area contributed by atoms with Gasteiger partial charge in [-0.05, 0) is 36.0 Å². The third-order valence-electron chi connectivity index (χ3n) is 6.37. The second-order valence-corrected chi connectivity index (χ2v) is 8.63. The van der Waals surface area contributed by atoms with Crippen molar-refractivity contribution < 1.29 is 22.6 Å². The number of rotatable bonds is 6. The molecular formula is C24H20F3N7O2. The van der Waals surface area contributed by atoms with Crippen LogP contribution in [-0.4, -0.2) is 54.3 Å². The van der Waals surface area contributed by atoms with Crippen molar-refractivity contribution in [2.24, 2.45) is 0 Å². The molecule has 184 valence electrons. The minimum atomic E-state index is -4.33. The first-order valence-corrected chi connectivity index (χ1v) is 11.2. The fraction of sp³-hybridized carbons (Fsp3) is 0.292. The van der Waals surface area contributed by atoms with Crippen LogP contribution >= 0.6 is 0 Å². The molecule has 2 atom stereocenters. The summed E-state index contributed by atoms with van der Waals surface area (Å²) in [7, 11) is 2.99. The number of nitrogens with zero attached hydrogens (tertiary/aromatic N) is 7. The smallest absolute Gasteiger partial charge is 0.396 e. The first-order chi connectivity index (χ1) is 17.3. The molecular weight excluding hydrogens is 475 g/mol. The normalized spacial score (nSPS) is 17.6. The molecule has 0 bridgehead atoms. The van der Waals surface area contributed by atoms with Crippen molar-refractivity contribution in [1.82, 2.24) is 34.0 Å². The van der Waals surface area contributed by atoms with Crippen LogP contribution in [0.5, 0.6) is 11.9 Å². The fourth-order valence-corrected chi connectivity index (χ4v) is 4.62. The van der Waals surface area contributed by atoms with Gasteiger partial charge in [0, 0.05) is 30.4 Å². The summed E-state index contributed by atoms with van der Waals surface area (Å²) in [5.41, 5.74) is 4.49. The first-order valence-electron chi connectivity index (χ1n) is 11.2. The summed E-state index contributed by atoms with van der Waals surface area (Å²) in [5.74, 6) is 0.550. The summed E-state index contributed by atoms with van der Waals surface area (Å²) in [6.07, 6.45) is 3.68. The van der Waals surface area contributed by atoms with Crippen molar-refractivity contribution in [3.63, 3.8) is 0 Å². The quantitative estimate of drug-likeness (QED) is 0.348. The van der Waals surface area contributed by atoms with Crippen molar-refractivity contribution >= 4 is 11.2 Å². The number of fused-ring (bicyclic) bond motifs is 2. The number of hydrogen-bond donors (Lipinski definition) is 0. The zero-order valence-corrected chi connectivity index (χ0v) is 19.3. The highest BCUT2D eigenvalue weighted by atomic mass is 19.4. The number of halogens is 3. The molecule has 0 saturated heterocycles. The molecule has 0 radical (unpaired) electrons. The lowest BCUT2D eigenvalue weighted by molar-refractivity contribution is -0.128. The van der Waals surface area contributed by atoms with Gasteiger partial charge in [-0.25, -0.2) is 19.5 Å². The lowest BCUT2D eigenvalue weighted by atomic mass is 10.0. The van der Waals surface area contributed by atoms with E-state index in [0.29, 0.717) is 22.7 Å². The Bertz CT molecular complexity index is 1590. The lowest BCUT2D eigenvalue weighted by Gasteiger charge is -2.11. The largest absolute Gasteiger partial charge is 0.480 e. The van der Waals surface area contributed by atoms with Crippen LogP contribution < -0.4 is 9.47 Å². The molecule has 1 fully saturated rings. The third kappa shape index (κ3) is 3.88. The Morgan fingerprint density at radius 1 is 1.06 bits per heavy atom. The number of alkyl halides is 3. The second kappa shape index (κ2) is 8.18. The molecule has 1 saturated carbocycles. The van der Waals surface area contributed by atoms with Gasteiger partial charge >= 0.3 is 12.2 Å². The van der Waals surface area contributed by atoms with Gasteiger partial charge in [-0.1, -0.05) is 6.07 Å². The predicted molar refractivity (Wildman–Crippen MR) is 122 cm³/mol. The first kappa shape index (κ1) is 22.3. The maximum absolute atomic E-state index is 13.0. The fourth-order valence-electron chi connectivity index (χ4n) is 4.62. The predicted octanol–water partition coefficient (Wildman–Crippen LogP) is 4.23. The molecule has 1 aliphatic carbocycles. The maximum Gasteiger partial charge on any atom is 0.396 e. The number of pyridine rings is 1. The standard InChI is InChI=1S/C24H20F3N7O2/c1-35-22-18(11-30-23(31-22)36-2)19-8-17(21-28-5-6-34(21)32-19)16-7-15(16)13-3-4-14-10-29-20(33(14)12-13)9-24(25,26)27/h3-6,8,10-12,15-16H,7,9H2,1-2H3/t15-,16?/m1/s1. The van der Waals surface area contributed by atoms with Crippen LogP contribution in [0, 0.1) is 0 Å². The summed E-state index contributed by atoms with van der Waals surface area (Å²) in [5, 5.41) is 4.65. The highest BCUT2D eigenvalue weighted by Gasteiger charge is 2.42. The van der Waals surface area contributed by atoms with Crippen LogP contribution in [0.2, 0.25) is 0 Å². The minimum absolute atomic E-state index is 0.0232. The van der Waals surface area contributed by atoms with E-state index in [1.807, 2.05) is 12.1 Å². The third-order valence-corrected chi connectivity index (χ3v) is 6.37. The van der Waals surface area contributed by atoms with Crippen LogP contribution in [0.15, 0.2) is 49.2 Å². The van der Waals surface area contributed by atoms with Crippen molar-refractivity contribution in [2.75, 3.05) is 14.2 Å². The molecule has 12 heteroatoms. The molecule has 0 aromatic carbocycles. The Labute approximate surface area is 202 Å². The molecule has 0 amide bonds. The molecule has 36 heavy (non-hydrogen) atoms. The summed E-state index contributed by atoms with van der Waals surface area (Å²) in [6.45, 7) is 0. The zero-order chi connectivity index (χ0) is 25.0. The van der Waals surface area contributed by atoms with Crippen LogP contribution in [0.4, 0.5) is 13.2 Å². The highest BCUT2D eigenvalue weighted by Crippen LogP contribution is 2.55. The summed E-state index contributed by atoms with van der Waals surface area (Å²) < 4.78 is 52.8. The number of methoxy groups -OCH3 is 2. The van der Waals surface area contributed by atoms with E-state index in [1.54, 1.807) is 35.4 Å². The van der Waals surface area contributed by atoms with Gasteiger partial charge in [0.05, 0.1) is 37.2 Å². The molecule has 0 N–H and O–H groups in total. The second-order valence-electron chi connectivity index (χ2n) is 8.63. The van der Waals surface area contributed by atoms with E-state index >= 15 is 0 Å². The van der Waals surface area contributed by atoms with E-state index in [9.17, 15) is 13.2 Å². The summed E-state index contributed by atoms with van der Waals surface area (Å²) in [4.78, 5) is 16.9. The molecule has 6 rings (SSSR count). The Morgan fingerprint density at radius 3 is 2.69 bits per heavy atom. The van der Waals surface area contributed by atoms with Crippen LogP contribution in [-0.2, 0) is 6.42 Å². The van der Waals surface area contributed by atoms with Crippen molar-refractivity contribution in [1.29, 1.82) is 0 Å². The topological polar surface area (TPSA) is 91.7 Å². The molecule has 0 spiro atoms. The Morgan fingerprint density at radius 2 is 1.92 bits per heavy atom. The van der Waals surface area contributed by atoms with E-state index in [4.69, 9.17) is 9.47 Å². The van der Waals surface area contributed by atoms with E-state index in [0.717, 1.165) is 23.2 Å². The lowest BCUT2D eigenvalue weighted by Crippen LogP contribution is -2.14. The van der Waals surface area contributed by atoms with Crippen LogP contribution in [0.25, 0.3) is 22.4 Å². The number of hydrogen-bond acceptors (Lipinski definition) is 7. The van der Waals surface area contributed by atoms with E-state index < -0.39 is 12.6 Å². The van der Waals surface area contributed by atoms with Gasteiger partial charge in [0.1, 0.15) is 12.2 Å². The zero-order valence-electron chi connectivity index (χ0n) is 19.3. The van der Waals surface area contributed by atoms with Gasteiger partial charge in [-0.15, -0.1) is 0 Å². The Hall–Kier alpha value is -4.22. The summed E-state index contributed by atoms with van der Waals surface area (Å²) in [6, 6.07) is 5.89. The SMILES string of the molecule is COc1ncc(-c2cc(C3C[C@@H]3c3ccc4cnc(CC(F)(F)F)n4c3)c3nccn3n2)c(OC)n1. The molecule has 1 aliphatic rings. The number of imidazole rings is 2. The van der Waals surface area contributed by atoms with Gasteiger partial charge in [0.15, 0.2) is 5.65 Å². The van der Waals surface area contributed by atoms with Gasteiger partial charge < -0.3 is 13.9 Å². The van der Waals surface area contributed by atoms with Crippen molar-refractivity contribution in [2.45, 2.75) is 30.9 Å². The van der Waals surface area contributed by atoms with Gasteiger partial charge in [0.25, 0.3) is 0 Å². The average molecular weight is 495 g/mol. The van der Waals surface area contributed by atoms with Crippen molar-refractivity contribution in [3.05, 3.63) is 66.1 Å². The number of aromatic nitrogens is 7. The monoisotopic (exact) mass is 495 g/mol. The van der Waals surface area contributed by atoms with Crippen molar-refractivity contribution in [3.8, 4) is 23.1 Å². The maximum atomic E-state index is 13.0. The van der Waals surface area contributed by atoms with E-state index in [1.165, 1.54) is 24.8 Å². The molecule has 9 nitrogen and oxygen atoms in total. The Balaban J connectivity index is 1.37. The number of ether oxygens (including phenoxy) is 2.